The van der Waals surface area contributed by atoms with Gasteiger partial charge in [0.15, 0.2) is 0 Å². The number of benzene rings is 2. The van der Waals surface area contributed by atoms with E-state index in [1.807, 2.05) is 47.9 Å². The average Bonchev–Trinajstić information content (AvgIpc) is 3.03. The van der Waals surface area contributed by atoms with Gasteiger partial charge in [0, 0.05) is 22.1 Å². The van der Waals surface area contributed by atoms with Crippen LogP contribution in [-0.4, -0.2) is 41.0 Å². The molecule has 0 fully saturated rings. The summed E-state index contributed by atoms with van der Waals surface area (Å²) in [4.78, 5) is 3.32. The van der Waals surface area contributed by atoms with Gasteiger partial charge in [-0.05, 0) is 23.3 Å². The van der Waals surface area contributed by atoms with Crippen molar-refractivity contribution in [1.29, 1.82) is 0 Å². The number of fused-ring (bicyclic) bond motifs is 1. The highest BCUT2D eigenvalue weighted by atomic mass is 35.5. The first-order valence-electron chi connectivity index (χ1n) is 8.11. The van der Waals surface area contributed by atoms with Gasteiger partial charge in [-0.15, -0.1) is 0 Å². The van der Waals surface area contributed by atoms with Crippen LogP contribution in [0.2, 0.25) is 5.02 Å². The molecule has 4 nitrogen and oxygen atoms in total. The summed E-state index contributed by atoms with van der Waals surface area (Å²) in [5.74, 6) is 0.0979. The van der Waals surface area contributed by atoms with Gasteiger partial charge in [-0.1, -0.05) is 48.0 Å². The molecule has 0 saturated heterocycles. The second kappa shape index (κ2) is 7.81. The van der Waals surface area contributed by atoms with Crippen molar-refractivity contribution < 1.29 is 15.5 Å². The number of hydrogen-bond donors (Lipinski definition) is 4. The van der Waals surface area contributed by atoms with Crippen LogP contribution in [-0.2, 0) is 0 Å². The van der Waals surface area contributed by atoms with E-state index in [4.69, 9.17) is 16.7 Å². The summed E-state index contributed by atoms with van der Waals surface area (Å²) in [6.45, 7) is 0.975. The minimum Gasteiger partial charge on any atom is -0.393 e. The average molecular weight is 346 g/mol. The van der Waals surface area contributed by atoms with Crippen molar-refractivity contribution in [3.63, 3.8) is 0 Å². The molecule has 3 rings (SSSR count). The number of H-pyrrole nitrogens is 1. The standard InChI is InChI=1S/C19H21ClN2O2/c20-18-7-3-1-5-14(18)16(10-21-9-13(24)12-23)17-11-22-19-8-4-2-6-15(17)19/h1-8,11,13,16,21-24H,9-10,12H2/p+1/t13-,16-/m0/s1. The Morgan fingerprint density at radius 1 is 1.00 bits per heavy atom. The van der Waals surface area contributed by atoms with E-state index in [9.17, 15) is 5.11 Å². The molecule has 3 aromatic rings. The molecule has 0 aliphatic carbocycles. The molecule has 126 valence electrons. The maximum atomic E-state index is 9.58. The van der Waals surface area contributed by atoms with Crippen LogP contribution in [0.4, 0.5) is 0 Å². The third-order valence-corrected chi connectivity index (χ3v) is 4.67. The Bertz CT molecular complexity index is 803. The number of nitrogens with one attached hydrogen (secondary N) is 1. The second-order valence-electron chi connectivity index (χ2n) is 5.96. The van der Waals surface area contributed by atoms with Crippen LogP contribution in [0.15, 0.2) is 54.7 Å². The lowest BCUT2D eigenvalue weighted by atomic mass is 9.90. The molecular weight excluding hydrogens is 324 g/mol. The Balaban J connectivity index is 1.94. The van der Waals surface area contributed by atoms with Gasteiger partial charge in [0.1, 0.15) is 12.6 Å². The van der Waals surface area contributed by atoms with E-state index in [-0.39, 0.29) is 12.5 Å². The van der Waals surface area contributed by atoms with Gasteiger partial charge >= 0.3 is 0 Å². The van der Waals surface area contributed by atoms with Gasteiger partial charge in [-0.3, -0.25) is 0 Å². The van der Waals surface area contributed by atoms with Crippen molar-refractivity contribution in [3.05, 3.63) is 70.9 Å². The zero-order valence-corrected chi connectivity index (χ0v) is 14.1. The number of aliphatic hydroxyl groups is 2. The highest BCUT2D eigenvalue weighted by molar-refractivity contribution is 6.31. The van der Waals surface area contributed by atoms with Crippen molar-refractivity contribution in [1.82, 2.24) is 4.98 Å². The van der Waals surface area contributed by atoms with Crippen LogP contribution < -0.4 is 5.32 Å². The first-order chi connectivity index (χ1) is 11.7. The van der Waals surface area contributed by atoms with Crippen molar-refractivity contribution in [2.75, 3.05) is 19.7 Å². The molecule has 0 saturated carbocycles. The number of rotatable bonds is 7. The molecule has 0 amide bonds. The lowest BCUT2D eigenvalue weighted by Gasteiger charge is -2.18. The molecule has 2 atom stereocenters. The Labute approximate surface area is 146 Å². The SMILES string of the molecule is OC[C@@H](O)C[NH2+]C[C@@H](c1ccccc1Cl)c1c[nH]c2ccccc12. The molecule has 5 heteroatoms. The van der Waals surface area contributed by atoms with E-state index in [1.165, 1.54) is 10.9 Å². The molecule has 0 aliphatic heterocycles. The Kier molecular flexibility index (Phi) is 5.53. The molecule has 2 aromatic carbocycles. The third kappa shape index (κ3) is 3.62. The number of aliphatic hydroxyl groups excluding tert-OH is 2. The lowest BCUT2D eigenvalue weighted by Crippen LogP contribution is -2.87. The van der Waals surface area contributed by atoms with Crippen LogP contribution >= 0.6 is 11.6 Å². The van der Waals surface area contributed by atoms with E-state index >= 15 is 0 Å². The fourth-order valence-electron chi connectivity index (χ4n) is 3.09. The van der Waals surface area contributed by atoms with Gasteiger partial charge in [0.25, 0.3) is 0 Å². The number of halogens is 1. The van der Waals surface area contributed by atoms with Gasteiger partial charge in [-0.25, -0.2) is 0 Å². The first-order valence-corrected chi connectivity index (χ1v) is 8.49. The molecule has 0 unspecified atom stereocenters. The van der Waals surface area contributed by atoms with Crippen LogP contribution in [0.5, 0.6) is 0 Å². The van der Waals surface area contributed by atoms with Gasteiger partial charge in [0.05, 0.1) is 19.1 Å². The first kappa shape index (κ1) is 17.0. The van der Waals surface area contributed by atoms with E-state index in [0.29, 0.717) is 6.54 Å². The Hall–Kier alpha value is -1.85. The minimum atomic E-state index is -0.708. The summed E-state index contributed by atoms with van der Waals surface area (Å²) in [5.41, 5.74) is 3.35. The van der Waals surface area contributed by atoms with Gasteiger partial charge in [-0.2, -0.15) is 0 Å². The summed E-state index contributed by atoms with van der Waals surface area (Å²) in [6.07, 6.45) is 1.33. The van der Waals surface area contributed by atoms with Crippen LogP contribution in [0.1, 0.15) is 17.0 Å². The third-order valence-electron chi connectivity index (χ3n) is 4.33. The van der Waals surface area contributed by atoms with E-state index in [2.05, 4.69) is 17.1 Å². The molecule has 24 heavy (non-hydrogen) atoms. The maximum Gasteiger partial charge on any atom is 0.126 e. The molecule has 5 N–H and O–H groups in total. The molecular formula is C19H22ClN2O2+. The summed E-state index contributed by atoms with van der Waals surface area (Å²) in [6, 6.07) is 16.1. The van der Waals surface area contributed by atoms with Crippen molar-refractivity contribution in [3.8, 4) is 0 Å². The Morgan fingerprint density at radius 2 is 1.75 bits per heavy atom. The topological polar surface area (TPSA) is 72.9 Å². The predicted molar refractivity (Wildman–Crippen MR) is 96.3 cm³/mol. The number of hydrogen-bond acceptors (Lipinski definition) is 2. The zero-order valence-electron chi connectivity index (χ0n) is 13.3. The van der Waals surface area contributed by atoms with E-state index in [1.54, 1.807) is 0 Å². The maximum absolute atomic E-state index is 9.58. The molecule has 0 aliphatic rings. The molecule has 1 heterocycles. The smallest absolute Gasteiger partial charge is 0.126 e. The van der Waals surface area contributed by atoms with Crippen LogP contribution in [0.25, 0.3) is 10.9 Å². The largest absolute Gasteiger partial charge is 0.393 e. The molecule has 0 radical (unpaired) electrons. The van der Waals surface area contributed by atoms with Crippen molar-refractivity contribution in [2.24, 2.45) is 0 Å². The lowest BCUT2D eigenvalue weighted by molar-refractivity contribution is -0.662. The quantitative estimate of drug-likeness (QED) is 0.528. The predicted octanol–water partition coefficient (Wildman–Crippen LogP) is 1.87. The van der Waals surface area contributed by atoms with E-state index in [0.717, 1.165) is 22.6 Å². The zero-order chi connectivity index (χ0) is 16.9. The molecule has 0 bridgehead atoms. The number of aromatic nitrogens is 1. The molecule has 0 spiro atoms. The summed E-state index contributed by atoms with van der Waals surface area (Å²) in [7, 11) is 0. The monoisotopic (exact) mass is 345 g/mol. The summed E-state index contributed by atoms with van der Waals surface area (Å²) >= 11 is 6.44. The van der Waals surface area contributed by atoms with Crippen molar-refractivity contribution >= 4 is 22.5 Å². The van der Waals surface area contributed by atoms with Gasteiger partial charge < -0.3 is 20.5 Å². The summed E-state index contributed by atoms with van der Waals surface area (Å²) in [5, 5.41) is 22.5. The Morgan fingerprint density at radius 3 is 2.54 bits per heavy atom. The number of para-hydroxylation sites is 1. The highest BCUT2D eigenvalue weighted by Gasteiger charge is 2.22. The van der Waals surface area contributed by atoms with Gasteiger partial charge in [0.2, 0.25) is 0 Å². The second-order valence-corrected chi connectivity index (χ2v) is 6.37. The summed E-state index contributed by atoms with van der Waals surface area (Å²) < 4.78 is 0. The van der Waals surface area contributed by atoms with Crippen LogP contribution in [0, 0.1) is 0 Å². The van der Waals surface area contributed by atoms with E-state index < -0.39 is 6.10 Å². The fraction of sp³-hybridized carbons (Fsp3) is 0.263. The number of aromatic amines is 1. The highest BCUT2D eigenvalue weighted by Crippen LogP contribution is 2.33. The normalized spacial score (nSPS) is 14.0. The van der Waals surface area contributed by atoms with Crippen molar-refractivity contribution in [2.45, 2.75) is 12.0 Å². The van der Waals surface area contributed by atoms with Crippen LogP contribution in [0.3, 0.4) is 0 Å². The number of quaternary nitrogens is 1. The molecule has 1 aromatic heterocycles. The minimum absolute atomic E-state index is 0.0979. The fourth-order valence-corrected chi connectivity index (χ4v) is 3.36. The number of nitrogens with two attached hydrogens (primary N) is 1.